The monoisotopic (exact) mass is 305 g/mol. The van der Waals surface area contributed by atoms with Gasteiger partial charge < -0.3 is 10.3 Å². The fourth-order valence-corrected chi connectivity index (χ4v) is 7.12. The Hall–Kier alpha value is -0.570. The lowest BCUT2D eigenvalue weighted by Gasteiger charge is -2.60. The minimum Gasteiger partial charge on any atom is -0.411 e. The second-order valence-corrected chi connectivity index (χ2v) is 9.16. The zero-order valence-corrected chi connectivity index (χ0v) is 14.1. The molecule has 2 N–H and O–H groups in total. The van der Waals surface area contributed by atoms with E-state index in [1.807, 2.05) is 0 Å². The number of hydrogen-bond acceptors (Lipinski definition) is 3. The third-order valence-electron chi connectivity index (χ3n) is 8.59. The summed E-state index contributed by atoms with van der Waals surface area (Å²) in [6.07, 6.45) is 10.5. The van der Waals surface area contributed by atoms with Crippen molar-refractivity contribution in [1.29, 1.82) is 0 Å². The number of fused-ring (bicyclic) bond motifs is 5. The van der Waals surface area contributed by atoms with E-state index in [4.69, 9.17) is 5.21 Å². The Balaban J connectivity index is 1.62. The first-order valence-corrected chi connectivity index (χ1v) is 9.37. The highest BCUT2D eigenvalue weighted by Gasteiger charge is 2.59. The molecule has 4 rings (SSSR count). The van der Waals surface area contributed by atoms with Crippen LogP contribution in [0.2, 0.25) is 0 Å². The van der Waals surface area contributed by atoms with Crippen molar-refractivity contribution in [3.8, 4) is 0 Å². The fourth-order valence-electron chi connectivity index (χ4n) is 7.12. The van der Waals surface area contributed by atoms with Gasteiger partial charge in [0, 0.05) is 0 Å². The summed E-state index contributed by atoms with van der Waals surface area (Å²) in [7, 11) is 0. The van der Waals surface area contributed by atoms with Gasteiger partial charge in [0.05, 0.1) is 11.8 Å². The van der Waals surface area contributed by atoms with Crippen LogP contribution in [0.1, 0.15) is 71.6 Å². The van der Waals surface area contributed by atoms with Crippen LogP contribution in [0.15, 0.2) is 5.16 Å². The molecule has 4 aliphatic rings. The minimum absolute atomic E-state index is 0.0662. The van der Waals surface area contributed by atoms with Crippen LogP contribution >= 0.6 is 0 Å². The normalized spacial score (nSPS) is 56.3. The van der Waals surface area contributed by atoms with Crippen LogP contribution in [0.3, 0.4) is 0 Å². The maximum Gasteiger partial charge on any atom is 0.0596 e. The van der Waals surface area contributed by atoms with Crippen molar-refractivity contribution in [2.75, 3.05) is 0 Å². The van der Waals surface area contributed by atoms with E-state index >= 15 is 0 Å². The van der Waals surface area contributed by atoms with E-state index in [-0.39, 0.29) is 11.5 Å². The van der Waals surface area contributed by atoms with Gasteiger partial charge >= 0.3 is 0 Å². The quantitative estimate of drug-likeness (QED) is 0.520. The highest BCUT2D eigenvalue weighted by atomic mass is 16.4. The van der Waals surface area contributed by atoms with E-state index in [1.165, 1.54) is 38.5 Å². The second-order valence-electron chi connectivity index (χ2n) is 9.16. The van der Waals surface area contributed by atoms with Crippen LogP contribution in [-0.2, 0) is 0 Å². The average molecular weight is 305 g/mol. The van der Waals surface area contributed by atoms with E-state index in [2.05, 4.69) is 19.0 Å². The molecular weight excluding hydrogens is 274 g/mol. The Labute approximate surface area is 134 Å². The van der Waals surface area contributed by atoms with E-state index in [0.29, 0.717) is 11.3 Å². The molecule has 0 aromatic heterocycles. The molecule has 22 heavy (non-hydrogen) atoms. The molecule has 4 saturated carbocycles. The van der Waals surface area contributed by atoms with E-state index in [0.717, 1.165) is 42.7 Å². The summed E-state index contributed by atoms with van der Waals surface area (Å²) >= 11 is 0. The molecule has 3 heteroatoms. The molecule has 0 heterocycles. The van der Waals surface area contributed by atoms with Crippen molar-refractivity contribution in [3.63, 3.8) is 0 Å². The van der Waals surface area contributed by atoms with Gasteiger partial charge in [0.1, 0.15) is 0 Å². The standard InChI is InChI=1S/C19H31NO2/c1-18-9-7-13(20-22)11-12(18)3-4-14-15-5-6-17(21)19(15,2)10-8-16(14)18/h12,14-17,21-22H,3-11H2,1-2H3/b20-13-/t12?,14-,15-,16-,17?,18-,19-/m0/s1. The number of hydrogen-bond donors (Lipinski definition) is 2. The molecule has 0 spiro atoms. The van der Waals surface area contributed by atoms with Gasteiger partial charge in [0.2, 0.25) is 0 Å². The van der Waals surface area contributed by atoms with Gasteiger partial charge in [-0.25, -0.2) is 0 Å². The van der Waals surface area contributed by atoms with Crippen molar-refractivity contribution in [1.82, 2.24) is 0 Å². The highest BCUT2D eigenvalue weighted by Crippen LogP contribution is 2.65. The number of rotatable bonds is 0. The van der Waals surface area contributed by atoms with E-state index in [1.54, 1.807) is 0 Å². The molecule has 3 nitrogen and oxygen atoms in total. The summed E-state index contributed by atoms with van der Waals surface area (Å²) in [4.78, 5) is 0. The van der Waals surface area contributed by atoms with E-state index in [9.17, 15) is 5.11 Å². The topological polar surface area (TPSA) is 52.8 Å². The second kappa shape index (κ2) is 4.96. The number of nitrogens with zero attached hydrogens (tertiary/aromatic N) is 1. The summed E-state index contributed by atoms with van der Waals surface area (Å²) in [6.45, 7) is 4.88. The Morgan fingerprint density at radius 2 is 1.73 bits per heavy atom. The lowest BCUT2D eigenvalue weighted by Crippen LogP contribution is -2.54. The van der Waals surface area contributed by atoms with Crippen molar-refractivity contribution >= 4 is 5.71 Å². The Morgan fingerprint density at radius 3 is 2.50 bits per heavy atom. The fraction of sp³-hybridized carbons (Fsp3) is 0.947. The van der Waals surface area contributed by atoms with Gasteiger partial charge in [-0.15, -0.1) is 0 Å². The minimum atomic E-state index is -0.0662. The maximum atomic E-state index is 10.5. The van der Waals surface area contributed by atoms with Gasteiger partial charge in [0.25, 0.3) is 0 Å². The largest absolute Gasteiger partial charge is 0.411 e. The van der Waals surface area contributed by atoms with Crippen LogP contribution in [0.4, 0.5) is 0 Å². The predicted octanol–water partition coefficient (Wildman–Crippen LogP) is 4.22. The predicted molar refractivity (Wildman–Crippen MR) is 87.0 cm³/mol. The first kappa shape index (κ1) is 15.0. The number of oxime groups is 1. The molecule has 0 radical (unpaired) electrons. The smallest absolute Gasteiger partial charge is 0.0596 e. The molecule has 0 amide bonds. The van der Waals surface area contributed by atoms with Crippen molar-refractivity contribution in [2.24, 2.45) is 39.7 Å². The summed E-state index contributed by atoms with van der Waals surface area (Å²) in [5.74, 6) is 3.11. The molecule has 0 aromatic rings. The summed E-state index contributed by atoms with van der Waals surface area (Å²) in [6, 6.07) is 0. The van der Waals surface area contributed by atoms with Crippen LogP contribution in [-0.4, -0.2) is 22.1 Å². The van der Waals surface area contributed by atoms with Crippen molar-refractivity contribution in [3.05, 3.63) is 0 Å². The molecule has 0 aliphatic heterocycles. The molecule has 4 fully saturated rings. The maximum absolute atomic E-state index is 10.5. The molecule has 0 bridgehead atoms. The SMILES string of the molecule is C[C@]12CC/C(=N/O)CC1CC[C@@H]1[C@@H]2CC[C@]2(C)C(O)CC[C@@H]12. The van der Waals surface area contributed by atoms with Gasteiger partial charge in [-0.1, -0.05) is 19.0 Å². The Kier molecular flexibility index (Phi) is 3.38. The van der Waals surface area contributed by atoms with Gasteiger partial charge in [-0.3, -0.25) is 0 Å². The molecule has 4 aliphatic carbocycles. The summed E-state index contributed by atoms with van der Waals surface area (Å²) < 4.78 is 0. The lowest BCUT2D eigenvalue weighted by atomic mass is 9.45. The lowest BCUT2D eigenvalue weighted by molar-refractivity contribution is -0.112. The third kappa shape index (κ3) is 1.87. The first-order chi connectivity index (χ1) is 10.5. The number of aliphatic hydroxyl groups is 1. The van der Waals surface area contributed by atoms with Gasteiger partial charge in [-0.2, -0.15) is 0 Å². The molecule has 2 unspecified atom stereocenters. The Morgan fingerprint density at radius 1 is 0.955 bits per heavy atom. The molecule has 124 valence electrons. The zero-order valence-electron chi connectivity index (χ0n) is 14.1. The molecular formula is C19H31NO2. The highest BCUT2D eigenvalue weighted by molar-refractivity contribution is 5.85. The average Bonchev–Trinajstić information content (AvgIpc) is 2.82. The number of aliphatic hydroxyl groups excluding tert-OH is 1. The van der Waals surface area contributed by atoms with Crippen LogP contribution in [0.25, 0.3) is 0 Å². The van der Waals surface area contributed by atoms with Crippen LogP contribution in [0.5, 0.6) is 0 Å². The van der Waals surface area contributed by atoms with Crippen molar-refractivity contribution < 1.29 is 10.3 Å². The van der Waals surface area contributed by atoms with Crippen molar-refractivity contribution in [2.45, 2.75) is 77.7 Å². The zero-order chi connectivity index (χ0) is 15.5. The van der Waals surface area contributed by atoms with Gasteiger partial charge in [0.15, 0.2) is 0 Å². The third-order valence-corrected chi connectivity index (χ3v) is 8.59. The van der Waals surface area contributed by atoms with Crippen LogP contribution < -0.4 is 0 Å². The summed E-state index contributed by atoms with van der Waals surface area (Å²) in [5.41, 5.74) is 1.65. The van der Waals surface area contributed by atoms with Crippen LogP contribution in [0, 0.1) is 34.5 Å². The van der Waals surface area contributed by atoms with E-state index < -0.39 is 0 Å². The molecule has 7 atom stereocenters. The molecule has 0 aromatic carbocycles. The Bertz CT molecular complexity index is 490. The summed E-state index contributed by atoms with van der Waals surface area (Å²) in [5, 5.41) is 23.2. The molecule has 0 saturated heterocycles. The van der Waals surface area contributed by atoms with Gasteiger partial charge in [-0.05, 0) is 92.3 Å². The first-order valence-electron chi connectivity index (χ1n) is 9.37.